The van der Waals surface area contributed by atoms with Gasteiger partial charge in [0.25, 0.3) is 5.91 Å². The highest BCUT2D eigenvalue weighted by atomic mass is 32.1. The van der Waals surface area contributed by atoms with Gasteiger partial charge in [-0.25, -0.2) is 13.8 Å². The maximum absolute atomic E-state index is 13.3. The summed E-state index contributed by atoms with van der Waals surface area (Å²) in [7, 11) is 0. The first-order chi connectivity index (χ1) is 13.6. The zero-order valence-corrected chi connectivity index (χ0v) is 15.4. The van der Waals surface area contributed by atoms with Crippen molar-refractivity contribution in [1.82, 2.24) is 4.98 Å². The van der Waals surface area contributed by atoms with Crippen LogP contribution in [0.4, 0.5) is 13.9 Å². The van der Waals surface area contributed by atoms with E-state index < -0.39 is 6.10 Å². The molecule has 0 spiro atoms. The van der Waals surface area contributed by atoms with Crippen LogP contribution in [0.2, 0.25) is 0 Å². The highest BCUT2D eigenvalue weighted by molar-refractivity contribution is 7.15. The molecule has 0 saturated carbocycles. The van der Waals surface area contributed by atoms with Crippen LogP contribution in [0.25, 0.3) is 0 Å². The van der Waals surface area contributed by atoms with Gasteiger partial charge in [-0.1, -0.05) is 29.4 Å². The Hall–Kier alpha value is -3.13. The molecule has 2 aromatic carbocycles. The summed E-state index contributed by atoms with van der Waals surface area (Å²) in [5.41, 5.74) is 1.93. The number of hydrogen-bond donors (Lipinski definition) is 1. The van der Waals surface area contributed by atoms with Crippen LogP contribution in [0.1, 0.15) is 22.4 Å². The van der Waals surface area contributed by atoms with E-state index in [2.05, 4.69) is 15.5 Å². The number of amides is 1. The molecule has 0 radical (unpaired) electrons. The fraction of sp³-hybridized carbons (Fsp3) is 0.150. The van der Waals surface area contributed by atoms with Crippen LogP contribution in [0, 0.1) is 11.6 Å². The second-order valence-electron chi connectivity index (χ2n) is 6.27. The molecule has 0 saturated heterocycles. The van der Waals surface area contributed by atoms with Crippen molar-refractivity contribution in [3.05, 3.63) is 82.4 Å². The maximum atomic E-state index is 13.3. The Balaban J connectivity index is 1.35. The molecule has 4 rings (SSSR count). The summed E-state index contributed by atoms with van der Waals surface area (Å²) in [6.07, 6.45) is 1.62. The molecule has 3 aromatic rings. The standard InChI is InChI=1S/C20H15F2N3O2S/c21-14-5-1-3-12(7-14)8-16-11-23-20(28-16)24-19(26)18-10-17(25-27-18)13-4-2-6-15(22)9-13/h1-7,9,11,18H,8,10H2,(H,23,24,26)/t18-/m0/s1. The number of aromatic nitrogens is 1. The van der Waals surface area contributed by atoms with Gasteiger partial charge in [0.2, 0.25) is 6.10 Å². The second kappa shape index (κ2) is 7.85. The van der Waals surface area contributed by atoms with Gasteiger partial charge < -0.3 is 4.84 Å². The van der Waals surface area contributed by atoms with Gasteiger partial charge in [-0.2, -0.15) is 0 Å². The first-order valence-electron chi connectivity index (χ1n) is 8.55. The fourth-order valence-electron chi connectivity index (χ4n) is 2.84. The molecule has 142 valence electrons. The molecule has 1 N–H and O–H groups in total. The summed E-state index contributed by atoms with van der Waals surface area (Å²) in [4.78, 5) is 22.7. The zero-order valence-electron chi connectivity index (χ0n) is 14.6. The van der Waals surface area contributed by atoms with Crippen LogP contribution < -0.4 is 5.32 Å². The van der Waals surface area contributed by atoms with E-state index in [1.54, 1.807) is 24.4 Å². The van der Waals surface area contributed by atoms with Crippen molar-refractivity contribution in [2.75, 3.05) is 5.32 Å². The molecule has 1 atom stereocenters. The lowest BCUT2D eigenvalue weighted by Gasteiger charge is -2.07. The minimum absolute atomic E-state index is 0.247. The summed E-state index contributed by atoms with van der Waals surface area (Å²) in [6.45, 7) is 0. The SMILES string of the molecule is O=C(Nc1ncc(Cc2cccc(F)c2)s1)[C@@H]1CC(c2cccc(F)c2)=NO1. The Morgan fingerprint density at radius 2 is 1.96 bits per heavy atom. The van der Waals surface area contributed by atoms with Crippen LogP contribution in [-0.2, 0) is 16.1 Å². The molecular formula is C20H15F2N3O2S. The van der Waals surface area contributed by atoms with Gasteiger partial charge in [0.15, 0.2) is 5.13 Å². The number of anilines is 1. The van der Waals surface area contributed by atoms with Gasteiger partial charge in [-0.3, -0.25) is 10.1 Å². The van der Waals surface area contributed by atoms with E-state index in [1.165, 1.54) is 35.6 Å². The van der Waals surface area contributed by atoms with E-state index in [-0.39, 0.29) is 24.0 Å². The number of halogens is 2. The highest BCUT2D eigenvalue weighted by Crippen LogP contribution is 2.23. The Morgan fingerprint density at radius 1 is 1.18 bits per heavy atom. The molecule has 0 bridgehead atoms. The molecule has 0 fully saturated rings. The maximum Gasteiger partial charge on any atom is 0.270 e. The van der Waals surface area contributed by atoms with Gasteiger partial charge in [-0.05, 0) is 29.8 Å². The van der Waals surface area contributed by atoms with Crippen molar-refractivity contribution in [2.45, 2.75) is 18.9 Å². The van der Waals surface area contributed by atoms with E-state index in [4.69, 9.17) is 4.84 Å². The molecule has 1 aromatic heterocycles. The number of nitrogens with one attached hydrogen (secondary N) is 1. The monoisotopic (exact) mass is 399 g/mol. The third-order valence-corrected chi connectivity index (χ3v) is 5.08. The molecule has 1 amide bonds. The van der Waals surface area contributed by atoms with Crippen LogP contribution >= 0.6 is 11.3 Å². The van der Waals surface area contributed by atoms with Crippen molar-refractivity contribution in [2.24, 2.45) is 5.16 Å². The molecule has 5 nitrogen and oxygen atoms in total. The van der Waals surface area contributed by atoms with Crippen LogP contribution in [0.5, 0.6) is 0 Å². The molecular weight excluding hydrogens is 384 g/mol. The normalized spacial score (nSPS) is 15.8. The minimum Gasteiger partial charge on any atom is -0.382 e. The minimum atomic E-state index is -0.797. The van der Waals surface area contributed by atoms with E-state index in [0.717, 1.165) is 10.4 Å². The number of thiazole rings is 1. The van der Waals surface area contributed by atoms with Crippen molar-refractivity contribution >= 4 is 28.1 Å². The first-order valence-corrected chi connectivity index (χ1v) is 9.37. The van der Waals surface area contributed by atoms with Gasteiger partial charge >= 0.3 is 0 Å². The third-order valence-electron chi connectivity index (χ3n) is 4.17. The molecule has 2 heterocycles. The third kappa shape index (κ3) is 4.23. The Kier molecular flexibility index (Phi) is 5.12. The Bertz CT molecular complexity index is 1050. The molecule has 0 aliphatic carbocycles. The number of nitrogens with zero attached hydrogens (tertiary/aromatic N) is 2. The summed E-state index contributed by atoms with van der Waals surface area (Å²) < 4.78 is 26.6. The lowest BCUT2D eigenvalue weighted by molar-refractivity contribution is -0.125. The van der Waals surface area contributed by atoms with Crippen LogP contribution in [0.15, 0.2) is 59.9 Å². The largest absolute Gasteiger partial charge is 0.382 e. The number of carbonyl (C=O) groups is 1. The highest BCUT2D eigenvalue weighted by Gasteiger charge is 2.29. The summed E-state index contributed by atoms with van der Waals surface area (Å²) >= 11 is 1.31. The quantitative estimate of drug-likeness (QED) is 0.701. The van der Waals surface area contributed by atoms with E-state index in [1.807, 2.05) is 6.07 Å². The van der Waals surface area contributed by atoms with Gasteiger partial charge in [0.05, 0.1) is 5.71 Å². The van der Waals surface area contributed by atoms with Crippen molar-refractivity contribution < 1.29 is 18.4 Å². The predicted octanol–water partition coefficient (Wildman–Crippen LogP) is 4.14. The summed E-state index contributed by atoms with van der Waals surface area (Å²) in [5, 5.41) is 7.03. The molecule has 1 aliphatic rings. The van der Waals surface area contributed by atoms with Crippen LogP contribution in [0.3, 0.4) is 0 Å². The Morgan fingerprint density at radius 3 is 2.75 bits per heavy atom. The lowest BCUT2D eigenvalue weighted by atomic mass is 10.0. The van der Waals surface area contributed by atoms with Gasteiger partial charge in [0, 0.05) is 29.5 Å². The van der Waals surface area contributed by atoms with Gasteiger partial charge in [0.1, 0.15) is 11.6 Å². The summed E-state index contributed by atoms with van der Waals surface area (Å²) in [6, 6.07) is 12.3. The van der Waals surface area contributed by atoms with E-state index in [0.29, 0.717) is 22.8 Å². The fourth-order valence-corrected chi connectivity index (χ4v) is 3.69. The van der Waals surface area contributed by atoms with Crippen molar-refractivity contribution in [1.29, 1.82) is 0 Å². The predicted molar refractivity (Wildman–Crippen MR) is 102 cm³/mol. The summed E-state index contributed by atoms with van der Waals surface area (Å²) in [5.74, 6) is -1.04. The first kappa shape index (κ1) is 18.2. The number of oxime groups is 1. The average molecular weight is 399 g/mol. The van der Waals surface area contributed by atoms with E-state index in [9.17, 15) is 13.6 Å². The van der Waals surface area contributed by atoms with E-state index >= 15 is 0 Å². The number of carbonyl (C=O) groups excluding carboxylic acids is 1. The zero-order chi connectivity index (χ0) is 19.5. The number of benzene rings is 2. The molecule has 8 heteroatoms. The van der Waals surface area contributed by atoms with Crippen molar-refractivity contribution in [3.8, 4) is 0 Å². The topological polar surface area (TPSA) is 63.6 Å². The van der Waals surface area contributed by atoms with Crippen LogP contribution in [-0.4, -0.2) is 22.7 Å². The van der Waals surface area contributed by atoms with Crippen molar-refractivity contribution in [3.63, 3.8) is 0 Å². The average Bonchev–Trinajstić information content (AvgIpc) is 3.32. The second-order valence-corrected chi connectivity index (χ2v) is 7.39. The Labute approximate surface area is 163 Å². The molecule has 28 heavy (non-hydrogen) atoms. The number of hydrogen-bond acceptors (Lipinski definition) is 5. The molecule has 0 unspecified atom stereocenters. The van der Waals surface area contributed by atoms with Gasteiger partial charge in [-0.15, -0.1) is 11.3 Å². The lowest BCUT2D eigenvalue weighted by Crippen LogP contribution is -2.27. The molecule has 1 aliphatic heterocycles. The number of rotatable bonds is 5. The smallest absolute Gasteiger partial charge is 0.270 e.